The van der Waals surface area contributed by atoms with Crippen molar-refractivity contribution in [1.29, 1.82) is 0 Å². The second kappa shape index (κ2) is 8.99. The lowest BCUT2D eigenvalue weighted by Gasteiger charge is -2.31. The standard InChI is InChI=1S/C18H23BrN2O4/c1-3-20-16(22)12(2)25-18(24)14-8-10-21(11-9-14)17(23)13-4-6-15(19)7-5-13/h4-7,12,14H,3,8-11H2,1-2H3,(H,20,22)/t12-/m1/s1. The number of carbonyl (C=O) groups excluding carboxylic acids is 3. The number of hydrogen-bond acceptors (Lipinski definition) is 4. The third-order valence-electron chi connectivity index (χ3n) is 4.22. The van der Waals surface area contributed by atoms with Gasteiger partial charge in [0.1, 0.15) is 0 Å². The monoisotopic (exact) mass is 410 g/mol. The SMILES string of the molecule is CCNC(=O)[C@@H](C)OC(=O)C1CCN(C(=O)c2ccc(Br)cc2)CC1. The van der Waals surface area contributed by atoms with Crippen LogP contribution in [0.3, 0.4) is 0 Å². The number of rotatable bonds is 5. The molecule has 7 heteroatoms. The van der Waals surface area contributed by atoms with E-state index in [1.165, 1.54) is 0 Å². The van der Waals surface area contributed by atoms with E-state index in [1.807, 2.05) is 19.1 Å². The Morgan fingerprint density at radius 1 is 1.24 bits per heavy atom. The molecule has 0 aliphatic carbocycles. The maximum absolute atomic E-state index is 12.5. The number of nitrogens with zero attached hydrogens (tertiary/aromatic N) is 1. The van der Waals surface area contributed by atoms with Crippen molar-refractivity contribution in [1.82, 2.24) is 10.2 Å². The minimum absolute atomic E-state index is 0.0324. The molecule has 1 fully saturated rings. The summed E-state index contributed by atoms with van der Waals surface area (Å²) in [5, 5.41) is 2.63. The van der Waals surface area contributed by atoms with Crippen molar-refractivity contribution in [2.45, 2.75) is 32.8 Å². The third kappa shape index (κ3) is 5.29. The molecule has 1 aliphatic rings. The van der Waals surface area contributed by atoms with Crippen LogP contribution in [0.1, 0.15) is 37.0 Å². The number of likely N-dealkylation sites (tertiary alicyclic amines) is 1. The zero-order valence-corrected chi connectivity index (χ0v) is 16.0. The molecular weight excluding hydrogens is 388 g/mol. The van der Waals surface area contributed by atoms with Crippen LogP contribution >= 0.6 is 15.9 Å². The number of nitrogens with one attached hydrogen (secondary N) is 1. The predicted molar refractivity (Wildman–Crippen MR) is 97.0 cm³/mol. The summed E-state index contributed by atoms with van der Waals surface area (Å²) in [5.41, 5.74) is 0.633. The molecular formula is C18H23BrN2O4. The molecule has 0 bridgehead atoms. The highest BCUT2D eigenvalue weighted by Gasteiger charge is 2.30. The Bertz CT molecular complexity index is 624. The Hall–Kier alpha value is -1.89. The molecule has 2 amide bonds. The van der Waals surface area contributed by atoms with E-state index in [2.05, 4.69) is 21.2 Å². The summed E-state index contributed by atoms with van der Waals surface area (Å²) in [6.07, 6.45) is 0.293. The average Bonchev–Trinajstić information content (AvgIpc) is 2.62. The van der Waals surface area contributed by atoms with Gasteiger partial charge in [0, 0.05) is 29.7 Å². The van der Waals surface area contributed by atoms with Gasteiger partial charge >= 0.3 is 5.97 Å². The smallest absolute Gasteiger partial charge is 0.309 e. The first kappa shape index (κ1) is 19.4. The minimum atomic E-state index is -0.796. The molecule has 1 aromatic carbocycles. The fraction of sp³-hybridized carbons (Fsp3) is 0.500. The number of piperidine rings is 1. The van der Waals surface area contributed by atoms with Crippen molar-refractivity contribution in [3.05, 3.63) is 34.3 Å². The predicted octanol–water partition coefficient (Wildman–Crippen LogP) is 2.37. The topological polar surface area (TPSA) is 75.7 Å². The van der Waals surface area contributed by atoms with Gasteiger partial charge in [0.15, 0.2) is 6.10 Å². The van der Waals surface area contributed by atoms with E-state index in [4.69, 9.17) is 4.74 Å². The first-order chi connectivity index (χ1) is 11.9. The number of carbonyl (C=O) groups is 3. The quantitative estimate of drug-likeness (QED) is 0.755. The van der Waals surface area contributed by atoms with Crippen molar-refractivity contribution in [3.63, 3.8) is 0 Å². The molecule has 0 aromatic heterocycles. The Kier molecular flexibility index (Phi) is 6.99. The second-order valence-electron chi connectivity index (χ2n) is 6.05. The molecule has 1 N–H and O–H groups in total. The molecule has 1 aliphatic heterocycles. The molecule has 0 radical (unpaired) electrons. The highest BCUT2D eigenvalue weighted by atomic mass is 79.9. The fourth-order valence-electron chi connectivity index (χ4n) is 2.74. The van der Waals surface area contributed by atoms with Gasteiger partial charge in [-0.15, -0.1) is 0 Å². The Labute approximate surface area is 156 Å². The third-order valence-corrected chi connectivity index (χ3v) is 4.75. The van der Waals surface area contributed by atoms with Crippen LogP contribution in [0.2, 0.25) is 0 Å². The van der Waals surface area contributed by atoms with Crippen molar-refractivity contribution in [2.75, 3.05) is 19.6 Å². The van der Waals surface area contributed by atoms with Crippen molar-refractivity contribution in [2.24, 2.45) is 5.92 Å². The zero-order chi connectivity index (χ0) is 18.4. The summed E-state index contributed by atoms with van der Waals surface area (Å²) in [6.45, 7) is 4.88. The zero-order valence-electron chi connectivity index (χ0n) is 14.5. The normalized spacial score (nSPS) is 16.2. The lowest BCUT2D eigenvalue weighted by molar-refractivity contribution is -0.160. The van der Waals surface area contributed by atoms with E-state index in [0.29, 0.717) is 38.0 Å². The number of hydrogen-bond donors (Lipinski definition) is 1. The molecule has 2 rings (SSSR count). The minimum Gasteiger partial charge on any atom is -0.452 e. The lowest BCUT2D eigenvalue weighted by Crippen LogP contribution is -2.42. The molecule has 1 saturated heterocycles. The van der Waals surface area contributed by atoms with Crippen molar-refractivity contribution >= 4 is 33.7 Å². The van der Waals surface area contributed by atoms with E-state index in [-0.39, 0.29) is 23.7 Å². The Morgan fingerprint density at radius 2 is 1.84 bits per heavy atom. The molecule has 136 valence electrons. The molecule has 1 aromatic rings. The number of ether oxygens (including phenoxy) is 1. The van der Waals surface area contributed by atoms with E-state index in [0.717, 1.165) is 4.47 Å². The summed E-state index contributed by atoms with van der Waals surface area (Å²) in [5.74, 6) is -0.964. The van der Waals surface area contributed by atoms with Crippen LogP contribution < -0.4 is 5.32 Å². The van der Waals surface area contributed by atoms with Crippen LogP contribution in [-0.2, 0) is 14.3 Å². The van der Waals surface area contributed by atoms with Crippen molar-refractivity contribution < 1.29 is 19.1 Å². The van der Waals surface area contributed by atoms with E-state index >= 15 is 0 Å². The van der Waals surface area contributed by atoms with Crippen LogP contribution in [0.25, 0.3) is 0 Å². The largest absolute Gasteiger partial charge is 0.452 e. The molecule has 25 heavy (non-hydrogen) atoms. The summed E-state index contributed by atoms with van der Waals surface area (Å²) < 4.78 is 6.16. The van der Waals surface area contributed by atoms with E-state index in [9.17, 15) is 14.4 Å². The maximum atomic E-state index is 12.5. The number of benzene rings is 1. The summed E-state index contributed by atoms with van der Waals surface area (Å²) in [7, 11) is 0. The van der Waals surface area contributed by atoms with Gasteiger partial charge in [0.2, 0.25) is 0 Å². The molecule has 0 spiro atoms. The van der Waals surface area contributed by atoms with Crippen LogP contribution in [0, 0.1) is 5.92 Å². The number of likely N-dealkylation sites (N-methyl/N-ethyl adjacent to an activating group) is 1. The fourth-order valence-corrected chi connectivity index (χ4v) is 3.00. The van der Waals surface area contributed by atoms with Gasteiger partial charge in [0.25, 0.3) is 11.8 Å². The van der Waals surface area contributed by atoms with Crippen LogP contribution in [0.5, 0.6) is 0 Å². The molecule has 1 heterocycles. The van der Waals surface area contributed by atoms with Crippen LogP contribution in [0.15, 0.2) is 28.7 Å². The highest BCUT2D eigenvalue weighted by Crippen LogP contribution is 2.21. The van der Waals surface area contributed by atoms with Gasteiger partial charge in [-0.25, -0.2) is 0 Å². The van der Waals surface area contributed by atoms with E-state index < -0.39 is 6.10 Å². The van der Waals surface area contributed by atoms with Gasteiger partial charge in [-0.2, -0.15) is 0 Å². The van der Waals surface area contributed by atoms with Crippen LogP contribution in [0.4, 0.5) is 0 Å². The van der Waals surface area contributed by atoms with Gasteiger partial charge in [-0.3, -0.25) is 14.4 Å². The number of halogens is 1. The van der Waals surface area contributed by atoms with Gasteiger partial charge in [-0.1, -0.05) is 15.9 Å². The average molecular weight is 411 g/mol. The molecule has 6 nitrogen and oxygen atoms in total. The van der Waals surface area contributed by atoms with Gasteiger partial charge < -0.3 is 15.0 Å². The molecule has 0 saturated carbocycles. The summed E-state index contributed by atoms with van der Waals surface area (Å²) in [6, 6.07) is 7.22. The van der Waals surface area contributed by atoms with Gasteiger partial charge in [0.05, 0.1) is 5.92 Å². The number of amides is 2. The second-order valence-corrected chi connectivity index (χ2v) is 6.96. The first-order valence-electron chi connectivity index (χ1n) is 8.45. The highest BCUT2D eigenvalue weighted by molar-refractivity contribution is 9.10. The van der Waals surface area contributed by atoms with Gasteiger partial charge in [-0.05, 0) is 51.0 Å². The Balaban J connectivity index is 1.84. The van der Waals surface area contributed by atoms with Crippen LogP contribution in [-0.4, -0.2) is 48.4 Å². The summed E-state index contributed by atoms with van der Waals surface area (Å²) >= 11 is 3.35. The van der Waals surface area contributed by atoms with E-state index in [1.54, 1.807) is 24.0 Å². The summed E-state index contributed by atoms with van der Waals surface area (Å²) in [4.78, 5) is 38.0. The van der Waals surface area contributed by atoms with Crippen molar-refractivity contribution in [3.8, 4) is 0 Å². The molecule has 0 unspecified atom stereocenters. The first-order valence-corrected chi connectivity index (χ1v) is 9.24. The number of esters is 1. The maximum Gasteiger partial charge on any atom is 0.309 e. The molecule has 1 atom stereocenters. The lowest BCUT2D eigenvalue weighted by atomic mass is 9.96. The Morgan fingerprint density at radius 3 is 2.40 bits per heavy atom.